The minimum atomic E-state index is -0.688. The first-order valence-corrected chi connectivity index (χ1v) is 10.6. The first-order chi connectivity index (χ1) is 12.6. The predicted molar refractivity (Wildman–Crippen MR) is 101 cm³/mol. The largest absolute Gasteiger partial charge is 0.481 e. The Morgan fingerprint density at radius 2 is 1.58 bits per heavy atom. The van der Waals surface area contributed by atoms with Crippen LogP contribution in [0, 0.1) is 17.8 Å². The molecule has 3 N–H and O–H groups in total. The molecule has 1 saturated carbocycles. The lowest BCUT2D eigenvalue weighted by atomic mass is 9.85. The zero-order valence-corrected chi connectivity index (χ0v) is 15.9. The Kier molecular flexibility index (Phi) is 7.32. The van der Waals surface area contributed by atoms with Gasteiger partial charge in [0.25, 0.3) is 0 Å². The zero-order valence-electron chi connectivity index (χ0n) is 15.9. The van der Waals surface area contributed by atoms with Crippen molar-refractivity contribution in [1.82, 2.24) is 15.5 Å². The van der Waals surface area contributed by atoms with Crippen LogP contribution in [0.4, 0.5) is 0 Å². The lowest BCUT2D eigenvalue weighted by molar-refractivity contribution is -0.142. The number of nitrogens with zero attached hydrogens (tertiary/aromatic N) is 1. The highest BCUT2D eigenvalue weighted by Gasteiger charge is 2.30. The second-order valence-electron chi connectivity index (χ2n) is 8.49. The number of carboxylic acids is 1. The lowest BCUT2D eigenvalue weighted by Crippen LogP contribution is -2.45. The Labute approximate surface area is 157 Å². The maximum atomic E-state index is 12.5. The van der Waals surface area contributed by atoms with Gasteiger partial charge in [0.05, 0.1) is 5.92 Å². The highest BCUT2D eigenvalue weighted by atomic mass is 16.4. The molecule has 0 spiro atoms. The number of hydrogen-bond acceptors (Lipinski definition) is 4. The van der Waals surface area contributed by atoms with Crippen molar-refractivity contribution in [3.8, 4) is 0 Å². The van der Waals surface area contributed by atoms with E-state index in [0.29, 0.717) is 12.8 Å². The highest BCUT2D eigenvalue weighted by molar-refractivity contribution is 5.79. The number of carboxylic acid groups (broad SMARTS) is 1. The molecule has 3 aliphatic rings. The van der Waals surface area contributed by atoms with Crippen LogP contribution in [-0.4, -0.2) is 60.6 Å². The molecule has 2 saturated heterocycles. The van der Waals surface area contributed by atoms with Gasteiger partial charge in [-0.25, -0.2) is 0 Å². The van der Waals surface area contributed by atoms with Crippen molar-refractivity contribution in [2.45, 2.75) is 63.8 Å². The molecule has 148 valence electrons. The fourth-order valence-electron chi connectivity index (χ4n) is 4.76. The number of aliphatic carboxylic acids is 1. The van der Waals surface area contributed by atoms with Gasteiger partial charge in [-0.2, -0.15) is 0 Å². The van der Waals surface area contributed by atoms with E-state index in [0.717, 1.165) is 44.7 Å². The van der Waals surface area contributed by atoms with Crippen LogP contribution >= 0.6 is 0 Å². The van der Waals surface area contributed by atoms with Crippen LogP contribution in [0.5, 0.6) is 0 Å². The van der Waals surface area contributed by atoms with Gasteiger partial charge in [-0.15, -0.1) is 0 Å². The topological polar surface area (TPSA) is 81.7 Å². The van der Waals surface area contributed by atoms with E-state index in [4.69, 9.17) is 5.11 Å². The summed E-state index contributed by atoms with van der Waals surface area (Å²) in [5.41, 5.74) is 0. The van der Waals surface area contributed by atoms with Crippen molar-refractivity contribution in [1.29, 1.82) is 0 Å². The molecule has 0 unspecified atom stereocenters. The highest BCUT2D eigenvalue weighted by Crippen LogP contribution is 2.26. The minimum absolute atomic E-state index is 0.141. The third-order valence-corrected chi connectivity index (χ3v) is 6.69. The molecule has 0 atom stereocenters. The number of amides is 1. The van der Waals surface area contributed by atoms with Gasteiger partial charge in [0, 0.05) is 12.0 Å². The number of likely N-dealkylation sites (tertiary alicyclic amines) is 1. The van der Waals surface area contributed by atoms with E-state index in [-0.39, 0.29) is 23.8 Å². The maximum absolute atomic E-state index is 12.5. The molecule has 6 nitrogen and oxygen atoms in total. The van der Waals surface area contributed by atoms with Gasteiger partial charge in [-0.3, -0.25) is 9.59 Å². The van der Waals surface area contributed by atoms with Crippen molar-refractivity contribution in [3.63, 3.8) is 0 Å². The van der Waals surface area contributed by atoms with Gasteiger partial charge in [0.1, 0.15) is 0 Å². The number of rotatable bonds is 6. The number of hydrogen-bond donors (Lipinski definition) is 3. The number of carbonyl (C=O) groups excluding carboxylic acids is 1. The van der Waals surface area contributed by atoms with Crippen LogP contribution in [0.15, 0.2) is 0 Å². The van der Waals surface area contributed by atoms with E-state index in [1.54, 1.807) is 0 Å². The van der Waals surface area contributed by atoms with Crippen molar-refractivity contribution in [3.05, 3.63) is 0 Å². The SMILES string of the molecule is O=C(O)C1CCC(NC(=O)C2CCN(CCC3CCNCC3)CC2)CC1. The molecular formula is C20H35N3O3. The second-order valence-corrected chi connectivity index (χ2v) is 8.49. The zero-order chi connectivity index (χ0) is 18.4. The minimum Gasteiger partial charge on any atom is -0.481 e. The van der Waals surface area contributed by atoms with Gasteiger partial charge >= 0.3 is 5.97 Å². The fourth-order valence-corrected chi connectivity index (χ4v) is 4.76. The van der Waals surface area contributed by atoms with Crippen molar-refractivity contribution < 1.29 is 14.7 Å². The molecule has 0 aromatic rings. The molecule has 26 heavy (non-hydrogen) atoms. The van der Waals surface area contributed by atoms with E-state index < -0.39 is 5.97 Å². The van der Waals surface area contributed by atoms with Gasteiger partial charge in [0.2, 0.25) is 5.91 Å². The smallest absolute Gasteiger partial charge is 0.306 e. The second kappa shape index (κ2) is 9.70. The summed E-state index contributed by atoms with van der Waals surface area (Å²) in [7, 11) is 0. The van der Waals surface area contributed by atoms with Gasteiger partial charge < -0.3 is 20.6 Å². The Bertz CT molecular complexity index is 463. The molecule has 0 aromatic carbocycles. The average Bonchev–Trinajstić information content (AvgIpc) is 2.68. The molecule has 0 radical (unpaired) electrons. The molecule has 1 aliphatic carbocycles. The number of nitrogens with one attached hydrogen (secondary N) is 2. The summed E-state index contributed by atoms with van der Waals surface area (Å²) in [6.45, 7) is 5.59. The molecule has 2 aliphatic heterocycles. The molecule has 1 amide bonds. The van der Waals surface area contributed by atoms with Crippen LogP contribution in [0.3, 0.4) is 0 Å². The normalized spacial score (nSPS) is 29.4. The van der Waals surface area contributed by atoms with E-state index in [2.05, 4.69) is 15.5 Å². The van der Waals surface area contributed by atoms with Crippen LogP contribution in [0.25, 0.3) is 0 Å². The molecule has 3 rings (SSSR count). The Balaban J connectivity index is 1.31. The molecule has 3 fully saturated rings. The Morgan fingerprint density at radius 1 is 0.923 bits per heavy atom. The Morgan fingerprint density at radius 3 is 2.19 bits per heavy atom. The molecule has 2 heterocycles. The summed E-state index contributed by atoms with van der Waals surface area (Å²) < 4.78 is 0. The maximum Gasteiger partial charge on any atom is 0.306 e. The van der Waals surface area contributed by atoms with E-state index in [9.17, 15) is 9.59 Å². The van der Waals surface area contributed by atoms with Crippen LogP contribution in [-0.2, 0) is 9.59 Å². The summed E-state index contributed by atoms with van der Waals surface area (Å²) >= 11 is 0. The third kappa shape index (κ3) is 5.68. The van der Waals surface area contributed by atoms with Crippen molar-refractivity contribution in [2.24, 2.45) is 17.8 Å². The molecule has 6 heteroatoms. The van der Waals surface area contributed by atoms with E-state index >= 15 is 0 Å². The summed E-state index contributed by atoms with van der Waals surface area (Å²) in [6, 6.07) is 0.177. The van der Waals surface area contributed by atoms with Crippen LogP contribution < -0.4 is 10.6 Å². The van der Waals surface area contributed by atoms with Gasteiger partial charge in [-0.1, -0.05) is 0 Å². The number of carbonyl (C=O) groups is 2. The first-order valence-electron chi connectivity index (χ1n) is 10.6. The molecular weight excluding hydrogens is 330 g/mol. The third-order valence-electron chi connectivity index (χ3n) is 6.69. The number of piperidine rings is 2. The van der Waals surface area contributed by atoms with Gasteiger partial charge in [-0.05, 0) is 96.4 Å². The van der Waals surface area contributed by atoms with Crippen LogP contribution in [0.2, 0.25) is 0 Å². The average molecular weight is 366 g/mol. The monoisotopic (exact) mass is 365 g/mol. The molecule has 0 aromatic heterocycles. The van der Waals surface area contributed by atoms with Gasteiger partial charge in [0.15, 0.2) is 0 Å². The summed E-state index contributed by atoms with van der Waals surface area (Å²) in [5.74, 6) is 0.306. The van der Waals surface area contributed by atoms with Crippen molar-refractivity contribution >= 4 is 11.9 Å². The fraction of sp³-hybridized carbons (Fsp3) is 0.900. The summed E-state index contributed by atoms with van der Waals surface area (Å²) in [5, 5.41) is 15.7. The predicted octanol–water partition coefficient (Wildman–Crippen LogP) is 1.85. The first kappa shape index (κ1) is 19.6. The summed E-state index contributed by atoms with van der Waals surface area (Å²) in [4.78, 5) is 26.1. The summed E-state index contributed by atoms with van der Waals surface area (Å²) in [6.07, 6.45) is 8.82. The van der Waals surface area contributed by atoms with E-state index in [1.807, 2.05) is 0 Å². The standard InChI is InChI=1S/C20H35N3O3/c24-19(22-18-3-1-17(2-4-18)20(25)26)16-8-13-23(14-9-16)12-7-15-5-10-21-11-6-15/h15-18,21H,1-14H2,(H,22,24)(H,25,26). The van der Waals surface area contributed by atoms with Crippen LogP contribution in [0.1, 0.15) is 57.8 Å². The Hall–Kier alpha value is -1.14. The van der Waals surface area contributed by atoms with E-state index in [1.165, 1.54) is 38.9 Å². The lowest BCUT2D eigenvalue weighted by Gasteiger charge is -2.34. The quantitative estimate of drug-likeness (QED) is 0.669. The molecule has 0 bridgehead atoms. The van der Waals surface area contributed by atoms with Crippen molar-refractivity contribution in [2.75, 3.05) is 32.7 Å².